The lowest BCUT2D eigenvalue weighted by Crippen LogP contribution is -2.18. The normalized spacial score (nSPS) is 15.7. The molecule has 50 valence electrons. The van der Waals surface area contributed by atoms with Crippen LogP contribution >= 0.6 is 0 Å². The number of hydrogen-bond donors (Lipinski definition) is 2. The smallest absolute Gasteiger partial charge is 0.322 e. The number of rotatable bonds is 3. The summed E-state index contributed by atoms with van der Waals surface area (Å²) in [5.74, 6) is -0.804. The molecule has 0 amide bonds. The lowest BCUT2D eigenvalue weighted by atomic mass is 10.6. The third kappa shape index (κ3) is 1.76. The molecule has 0 fully saturated rings. The summed E-state index contributed by atoms with van der Waals surface area (Å²) in [5, 5.41) is 11.0. The third-order valence-electron chi connectivity index (χ3n) is 1.29. The second kappa shape index (κ2) is 2.09. The maximum Gasteiger partial charge on any atom is 0.322 e. The van der Waals surface area contributed by atoms with Crippen molar-refractivity contribution in [2.45, 2.75) is 13.3 Å². The summed E-state index contributed by atoms with van der Waals surface area (Å²) in [7, 11) is 0. The van der Waals surface area contributed by atoms with Gasteiger partial charge in [-0.05, 0) is 12.5 Å². The zero-order valence-corrected chi connectivity index (χ0v) is 5.27. The second-order valence-corrected chi connectivity index (χ2v) is 2.18. The van der Waals surface area contributed by atoms with Crippen LogP contribution in [0.4, 0.5) is 0 Å². The number of hydrogen-bond acceptors (Lipinski definition) is 2. The van der Waals surface area contributed by atoms with E-state index >= 15 is 0 Å². The fourth-order valence-electron chi connectivity index (χ4n) is 0.617. The molecule has 0 saturated heterocycles. The topological polar surface area (TPSA) is 49.3 Å². The SMILES string of the molecule is CC1=C(NCC(=O)O)C1. The van der Waals surface area contributed by atoms with E-state index in [-0.39, 0.29) is 6.54 Å². The average Bonchev–Trinajstić information content (AvgIpc) is 2.42. The van der Waals surface area contributed by atoms with Crippen molar-refractivity contribution in [1.82, 2.24) is 5.32 Å². The van der Waals surface area contributed by atoms with Crippen molar-refractivity contribution in [2.24, 2.45) is 0 Å². The Morgan fingerprint density at radius 2 is 2.44 bits per heavy atom. The van der Waals surface area contributed by atoms with Crippen molar-refractivity contribution in [2.75, 3.05) is 6.54 Å². The van der Waals surface area contributed by atoms with E-state index in [1.807, 2.05) is 6.92 Å². The fourth-order valence-corrected chi connectivity index (χ4v) is 0.617. The third-order valence-corrected chi connectivity index (χ3v) is 1.29. The summed E-state index contributed by atoms with van der Waals surface area (Å²) in [6.07, 6.45) is 0.966. The van der Waals surface area contributed by atoms with Gasteiger partial charge in [0.2, 0.25) is 0 Å². The van der Waals surface area contributed by atoms with E-state index in [0.29, 0.717) is 0 Å². The summed E-state index contributed by atoms with van der Waals surface area (Å²) in [6, 6.07) is 0. The number of aliphatic carboxylic acids is 1. The van der Waals surface area contributed by atoms with Gasteiger partial charge in [0.25, 0.3) is 0 Å². The standard InChI is InChI=1S/C6H9NO2/c1-4-2-5(4)7-3-6(8)9/h7H,2-3H2,1H3,(H,8,9). The molecular formula is C6H9NO2. The molecule has 0 aliphatic heterocycles. The highest BCUT2D eigenvalue weighted by Gasteiger charge is 2.15. The predicted molar refractivity (Wildman–Crippen MR) is 33.0 cm³/mol. The molecule has 0 aromatic carbocycles. The highest BCUT2D eigenvalue weighted by molar-refractivity contribution is 5.69. The van der Waals surface area contributed by atoms with Gasteiger partial charge in [0.1, 0.15) is 6.54 Å². The number of carboxylic acids is 1. The highest BCUT2D eigenvalue weighted by Crippen LogP contribution is 2.25. The Balaban J connectivity index is 2.14. The fraction of sp³-hybridized carbons (Fsp3) is 0.500. The number of nitrogens with one attached hydrogen (secondary N) is 1. The van der Waals surface area contributed by atoms with Crippen molar-refractivity contribution in [3.8, 4) is 0 Å². The lowest BCUT2D eigenvalue weighted by Gasteiger charge is -1.92. The Morgan fingerprint density at radius 1 is 1.89 bits per heavy atom. The molecule has 0 saturated carbocycles. The maximum atomic E-state index is 9.95. The quantitative estimate of drug-likeness (QED) is 0.574. The molecule has 0 radical (unpaired) electrons. The largest absolute Gasteiger partial charge is 0.480 e. The Kier molecular flexibility index (Phi) is 1.42. The van der Waals surface area contributed by atoms with Crippen LogP contribution in [0.5, 0.6) is 0 Å². The summed E-state index contributed by atoms with van der Waals surface area (Å²) in [4.78, 5) is 9.95. The van der Waals surface area contributed by atoms with Crippen molar-refractivity contribution < 1.29 is 9.90 Å². The average molecular weight is 127 g/mol. The van der Waals surface area contributed by atoms with Crippen molar-refractivity contribution in [3.05, 3.63) is 11.3 Å². The van der Waals surface area contributed by atoms with Crippen LogP contribution in [0.1, 0.15) is 13.3 Å². The van der Waals surface area contributed by atoms with E-state index in [1.54, 1.807) is 0 Å². The first-order chi connectivity index (χ1) is 4.20. The molecular weight excluding hydrogens is 118 g/mol. The van der Waals surface area contributed by atoms with Crippen LogP contribution in [0.2, 0.25) is 0 Å². The minimum atomic E-state index is -0.804. The molecule has 0 atom stereocenters. The van der Waals surface area contributed by atoms with Gasteiger partial charge in [-0.1, -0.05) is 0 Å². The van der Waals surface area contributed by atoms with Gasteiger partial charge < -0.3 is 10.4 Å². The van der Waals surface area contributed by atoms with E-state index < -0.39 is 5.97 Å². The Bertz CT molecular complexity index is 172. The number of allylic oxidation sites excluding steroid dienone is 2. The number of carbonyl (C=O) groups is 1. The van der Waals surface area contributed by atoms with Gasteiger partial charge in [-0.2, -0.15) is 0 Å². The van der Waals surface area contributed by atoms with Gasteiger partial charge in [0, 0.05) is 12.1 Å². The minimum Gasteiger partial charge on any atom is -0.480 e. The molecule has 1 aliphatic rings. The minimum absolute atomic E-state index is 0.0483. The van der Waals surface area contributed by atoms with Crippen molar-refractivity contribution in [3.63, 3.8) is 0 Å². The van der Waals surface area contributed by atoms with Gasteiger partial charge in [-0.25, -0.2) is 0 Å². The van der Waals surface area contributed by atoms with Crippen LogP contribution in [-0.2, 0) is 4.79 Å². The molecule has 3 nitrogen and oxygen atoms in total. The van der Waals surface area contributed by atoms with Gasteiger partial charge in [-0.3, -0.25) is 4.79 Å². The maximum absolute atomic E-state index is 9.95. The second-order valence-electron chi connectivity index (χ2n) is 2.18. The van der Waals surface area contributed by atoms with Crippen LogP contribution in [-0.4, -0.2) is 17.6 Å². The summed E-state index contributed by atoms with van der Waals surface area (Å²) < 4.78 is 0. The Hall–Kier alpha value is -0.990. The molecule has 0 bridgehead atoms. The highest BCUT2D eigenvalue weighted by atomic mass is 16.4. The summed E-state index contributed by atoms with van der Waals surface area (Å²) in [6.45, 7) is 2.04. The zero-order valence-electron chi connectivity index (χ0n) is 5.27. The molecule has 0 heterocycles. The summed E-state index contributed by atoms with van der Waals surface area (Å²) >= 11 is 0. The Labute approximate surface area is 53.4 Å². The van der Waals surface area contributed by atoms with Gasteiger partial charge in [0.05, 0.1) is 0 Å². The predicted octanol–water partition coefficient (Wildman–Crippen LogP) is 0.338. The van der Waals surface area contributed by atoms with E-state index in [1.165, 1.54) is 5.57 Å². The summed E-state index contributed by atoms with van der Waals surface area (Å²) in [5.41, 5.74) is 2.37. The van der Waals surface area contributed by atoms with Gasteiger partial charge in [-0.15, -0.1) is 0 Å². The van der Waals surface area contributed by atoms with E-state index in [9.17, 15) is 4.79 Å². The first-order valence-corrected chi connectivity index (χ1v) is 2.84. The van der Waals surface area contributed by atoms with Crippen LogP contribution in [0.25, 0.3) is 0 Å². The molecule has 9 heavy (non-hydrogen) atoms. The lowest BCUT2D eigenvalue weighted by molar-refractivity contribution is -0.135. The van der Waals surface area contributed by atoms with Crippen LogP contribution < -0.4 is 5.32 Å². The molecule has 1 aliphatic carbocycles. The molecule has 2 N–H and O–H groups in total. The zero-order chi connectivity index (χ0) is 6.85. The molecule has 0 aromatic heterocycles. The van der Waals surface area contributed by atoms with Gasteiger partial charge >= 0.3 is 5.97 Å². The van der Waals surface area contributed by atoms with E-state index in [4.69, 9.17) is 5.11 Å². The van der Waals surface area contributed by atoms with E-state index in [2.05, 4.69) is 5.32 Å². The van der Waals surface area contributed by atoms with Crippen molar-refractivity contribution >= 4 is 5.97 Å². The van der Waals surface area contributed by atoms with Crippen molar-refractivity contribution in [1.29, 1.82) is 0 Å². The first kappa shape index (κ1) is 6.13. The van der Waals surface area contributed by atoms with Crippen LogP contribution in [0.3, 0.4) is 0 Å². The molecule has 0 unspecified atom stereocenters. The Morgan fingerprint density at radius 3 is 2.78 bits per heavy atom. The number of carboxylic acid groups (broad SMARTS) is 1. The molecule has 1 rings (SSSR count). The first-order valence-electron chi connectivity index (χ1n) is 2.84. The molecule has 0 spiro atoms. The molecule has 3 heteroatoms. The van der Waals surface area contributed by atoms with Crippen LogP contribution in [0, 0.1) is 0 Å². The van der Waals surface area contributed by atoms with Crippen LogP contribution in [0.15, 0.2) is 11.3 Å². The molecule has 0 aromatic rings. The van der Waals surface area contributed by atoms with E-state index in [0.717, 1.165) is 12.1 Å². The van der Waals surface area contributed by atoms with Gasteiger partial charge in [0.15, 0.2) is 0 Å². The monoisotopic (exact) mass is 127 g/mol.